The number of nitrogens with zero attached hydrogens (tertiary/aromatic N) is 4. The average Bonchev–Trinajstić information content (AvgIpc) is 3.49. The second-order valence-corrected chi connectivity index (χ2v) is 8.12. The summed E-state index contributed by atoms with van der Waals surface area (Å²) in [4.78, 5) is 22.9. The Labute approximate surface area is 169 Å². The van der Waals surface area contributed by atoms with Gasteiger partial charge < -0.3 is 10.3 Å². The van der Waals surface area contributed by atoms with E-state index in [0.29, 0.717) is 5.95 Å². The Bertz CT molecular complexity index is 1180. The molecule has 0 bridgehead atoms. The van der Waals surface area contributed by atoms with Gasteiger partial charge in [-0.25, -0.2) is 19.9 Å². The van der Waals surface area contributed by atoms with Gasteiger partial charge in [-0.05, 0) is 30.5 Å². The lowest BCUT2D eigenvalue weighted by atomic mass is 10.2. The van der Waals surface area contributed by atoms with E-state index in [0.717, 1.165) is 38.0 Å². The Kier molecular flexibility index (Phi) is 4.34. The Morgan fingerprint density at radius 2 is 1.93 bits per heavy atom. The Morgan fingerprint density at radius 1 is 1.00 bits per heavy atom. The van der Waals surface area contributed by atoms with Crippen molar-refractivity contribution in [2.24, 2.45) is 0 Å². The van der Waals surface area contributed by atoms with Crippen LogP contribution >= 0.6 is 22.7 Å². The molecule has 0 fully saturated rings. The van der Waals surface area contributed by atoms with E-state index in [4.69, 9.17) is 4.98 Å². The van der Waals surface area contributed by atoms with Crippen LogP contribution in [0.15, 0.2) is 59.6 Å². The minimum absolute atomic E-state index is 0.0656. The van der Waals surface area contributed by atoms with Crippen LogP contribution in [0.2, 0.25) is 0 Å². The first kappa shape index (κ1) is 17.0. The van der Waals surface area contributed by atoms with Crippen LogP contribution in [0, 0.1) is 0 Å². The molecule has 0 spiro atoms. The SMILES string of the molecule is C[C@H](Nc1ncc(-c2cccs2)c(-c2nccs2)n1)c1nc2ccccc2[nH]1. The normalized spacial score (nSPS) is 12.3. The number of imidazole rings is 1. The number of nitrogens with one attached hydrogen (secondary N) is 2. The van der Waals surface area contributed by atoms with Crippen LogP contribution in [-0.4, -0.2) is 24.9 Å². The van der Waals surface area contributed by atoms with Crippen molar-refractivity contribution in [3.05, 3.63) is 65.4 Å². The molecule has 8 heteroatoms. The third-order valence-corrected chi connectivity index (χ3v) is 6.06. The van der Waals surface area contributed by atoms with Gasteiger partial charge in [0.1, 0.15) is 16.5 Å². The Morgan fingerprint density at radius 3 is 2.71 bits per heavy atom. The largest absolute Gasteiger partial charge is 0.345 e. The summed E-state index contributed by atoms with van der Waals surface area (Å²) in [6, 6.07) is 12.0. The minimum Gasteiger partial charge on any atom is -0.345 e. The van der Waals surface area contributed by atoms with Gasteiger partial charge in [-0.3, -0.25) is 0 Å². The van der Waals surface area contributed by atoms with Gasteiger partial charge in [0.25, 0.3) is 0 Å². The second kappa shape index (κ2) is 7.14. The van der Waals surface area contributed by atoms with E-state index < -0.39 is 0 Å². The smallest absolute Gasteiger partial charge is 0.223 e. The number of thiazole rings is 1. The minimum atomic E-state index is -0.0656. The van der Waals surface area contributed by atoms with Crippen molar-refractivity contribution in [2.45, 2.75) is 13.0 Å². The summed E-state index contributed by atoms with van der Waals surface area (Å²) in [6.07, 6.45) is 3.66. The van der Waals surface area contributed by atoms with E-state index in [1.807, 2.05) is 48.8 Å². The first-order valence-electron chi connectivity index (χ1n) is 8.80. The predicted molar refractivity (Wildman–Crippen MR) is 115 cm³/mol. The maximum absolute atomic E-state index is 4.78. The Hall–Kier alpha value is -3.10. The van der Waals surface area contributed by atoms with Crippen molar-refractivity contribution in [1.82, 2.24) is 24.9 Å². The zero-order valence-electron chi connectivity index (χ0n) is 15.0. The molecule has 0 unspecified atom stereocenters. The molecule has 0 aliphatic rings. The van der Waals surface area contributed by atoms with Gasteiger partial charge in [-0.15, -0.1) is 22.7 Å². The maximum Gasteiger partial charge on any atom is 0.223 e. The highest BCUT2D eigenvalue weighted by molar-refractivity contribution is 7.14. The zero-order valence-corrected chi connectivity index (χ0v) is 16.6. The number of benzene rings is 1. The molecule has 0 saturated heterocycles. The summed E-state index contributed by atoms with van der Waals surface area (Å²) >= 11 is 3.24. The molecule has 4 aromatic heterocycles. The van der Waals surface area contributed by atoms with Gasteiger partial charge >= 0.3 is 0 Å². The van der Waals surface area contributed by atoms with E-state index in [-0.39, 0.29) is 6.04 Å². The molecule has 0 saturated carbocycles. The molecule has 0 radical (unpaired) electrons. The van der Waals surface area contributed by atoms with E-state index >= 15 is 0 Å². The predicted octanol–water partition coefficient (Wildman–Crippen LogP) is 5.38. The standard InChI is InChI=1S/C20H16N6S2/c1-12(18-24-14-5-2-3-6-15(14)25-18)23-20-22-11-13(16-7-4-9-27-16)17(26-20)19-21-8-10-28-19/h2-12H,1H3,(H,24,25)(H,22,23,26)/t12-/m0/s1. The topological polar surface area (TPSA) is 79.4 Å². The van der Waals surface area contributed by atoms with Crippen molar-refractivity contribution in [1.29, 1.82) is 0 Å². The van der Waals surface area contributed by atoms with Crippen LogP contribution in [-0.2, 0) is 0 Å². The van der Waals surface area contributed by atoms with Crippen LogP contribution in [0.4, 0.5) is 5.95 Å². The molecule has 0 amide bonds. The number of aromatic amines is 1. The number of fused-ring (bicyclic) bond motifs is 1. The molecule has 4 heterocycles. The third-order valence-electron chi connectivity index (χ3n) is 4.37. The molecular formula is C20H16N6S2. The molecule has 138 valence electrons. The highest BCUT2D eigenvalue weighted by atomic mass is 32.1. The molecule has 6 nitrogen and oxygen atoms in total. The van der Waals surface area contributed by atoms with Gasteiger partial charge in [0.05, 0.1) is 17.1 Å². The fourth-order valence-corrected chi connectivity index (χ4v) is 4.38. The van der Waals surface area contributed by atoms with E-state index in [9.17, 15) is 0 Å². The van der Waals surface area contributed by atoms with Crippen LogP contribution in [0.5, 0.6) is 0 Å². The fraction of sp³-hybridized carbons (Fsp3) is 0.100. The van der Waals surface area contributed by atoms with Crippen LogP contribution in [0.1, 0.15) is 18.8 Å². The van der Waals surface area contributed by atoms with Crippen molar-refractivity contribution in [3.8, 4) is 21.1 Å². The first-order chi connectivity index (χ1) is 13.8. The summed E-state index contributed by atoms with van der Waals surface area (Å²) in [7, 11) is 0. The number of aromatic nitrogens is 5. The highest BCUT2D eigenvalue weighted by Crippen LogP contribution is 2.34. The van der Waals surface area contributed by atoms with Gasteiger partial charge in [-0.2, -0.15) is 0 Å². The highest BCUT2D eigenvalue weighted by Gasteiger charge is 2.17. The molecule has 5 rings (SSSR count). The van der Waals surface area contributed by atoms with Gasteiger partial charge in [-0.1, -0.05) is 18.2 Å². The molecular weight excluding hydrogens is 388 g/mol. The van der Waals surface area contributed by atoms with Crippen LogP contribution in [0.25, 0.3) is 32.2 Å². The molecule has 1 aromatic carbocycles. The average molecular weight is 405 g/mol. The lowest BCUT2D eigenvalue weighted by Crippen LogP contribution is -2.11. The number of para-hydroxylation sites is 2. The number of anilines is 1. The van der Waals surface area contributed by atoms with Gasteiger partial charge in [0.2, 0.25) is 5.95 Å². The monoisotopic (exact) mass is 404 g/mol. The summed E-state index contributed by atoms with van der Waals surface area (Å²) in [5, 5.41) is 8.25. The molecule has 0 aliphatic heterocycles. The van der Waals surface area contributed by atoms with E-state index in [1.165, 1.54) is 0 Å². The second-order valence-electron chi connectivity index (χ2n) is 6.28. The Balaban J connectivity index is 1.49. The number of thiophene rings is 1. The van der Waals surface area contributed by atoms with E-state index in [2.05, 4.69) is 36.7 Å². The van der Waals surface area contributed by atoms with Gasteiger partial charge in [0, 0.05) is 28.2 Å². The van der Waals surface area contributed by atoms with Crippen molar-refractivity contribution < 1.29 is 0 Å². The number of hydrogen-bond acceptors (Lipinski definition) is 7. The summed E-state index contributed by atoms with van der Waals surface area (Å²) in [5.41, 5.74) is 3.80. The molecule has 0 aliphatic carbocycles. The van der Waals surface area contributed by atoms with E-state index in [1.54, 1.807) is 28.9 Å². The summed E-state index contributed by atoms with van der Waals surface area (Å²) in [5.74, 6) is 1.40. The zero-order chi connectivity index (χ0) is 18.9. The molecule has 2 N–H and O–H groups in total. The summed E-state index contributed by atoms with van der Waals surface area (Å²) < 4.78 is 0. The first-order valence-corrected chi connectivity index (χ1v) is 10.6. The van der Waals surface area contributed by atoms with Crippen molar-refractivity contribution in [2.75, 3.05) is 5.32 Å². The van der Waals surface area contributed by atoms with Crippen molar-refractivity contribution >= 4 is 39.7 Å². The molecule has 5 aromatic rings. The number of H-pyrrole nitrogens is 1. The quantitative estimate of drug-likeness (QED) is 0.411. The van der Waals surface area contributed by atoms with Crippen LogP contribution < -0.4 is 5.32 Å². The number of rotatable bonds is 5. The van der Waals surface area contributed by atoms with Gasteiger partial charge in [0.15, 0.2) is 0 Å². The lowest BCUT2D eigenvalue weighted by molar-refractivity contribution is 0.800. The number of hydrogen-bond donors (Lipinski definition) is 2. The lowest BCUT2D eigenvalue weighted by Gasteiger charge is -2.13. The molecule has 28 heavy (non-hydrogen) atoms. The fourth-order valence-electron chi connectivity index (χ4n) is 3.01. The van der Waals surface area contributed by atoms with Crippen LogP contribution in [0.3, 0.4) is 0 Å². The maximum atomic E-state index is 4.78. The summed E-state index contributed by atoms with van der Waals surface area (Å²) in [6.45, 7) is 2.04. The van der Waals surface area contributed by atoms with Crippen molar-refractivity contribution in [3.63, 3.8) is 0 Å². The third kappa shape index (κ3) is 3.17. The molecule has 1 atom stereocenters.